The molecule has 3 aromatic rings. The predicted octanol–water partition coefficient (Wildman–Crippen LogP) is 3.71. The molecule has 0 unspecified atom stereocenters. The number of hydrogen-bond donors (Lipinski definition) is 2. The summed E-state index contributed by atoms with van der Waals surface area (Å²) >= 11 is 1.22. The molecule has 2 aromatic carbocycles. The van der Waals surface area contributed by atoms with Gasteiger partial charge in [0.1, 0.15) is 0 Å². The number of amides is 1. The standard InChI is InChI=1S/C22H27N5O3S2/c1-6-16-8-10-17(11-9-16)20-24-22(26-25-20)31-15(3)21(28)23-19-13-18(12-7-14(19)2)32(29,30)27(4)5/h7-13,15H,6H2,1-5H3,(H,23,28)(H,24,25,26)/t15-/m0/s1. The third kappa shape index (κ3) is 5.37. The normalized spacial score (nSPS) is 12.7. The summed E-state index contributed by atoms with van der Waals surface area (Å²) < 4.78 is 25.9. The Morgan fingerprint density at radius 1 is 1.19 bits per heavy atom. The summed E-state index contributed by atoms with van der Waals surface area (Å²) in [5.41, 5.74) is 3.39. The zero-order valence-electron chi connectivity index (χ0n) is 18.7. The fourth-order valence-electron chi connectivity index (χ4n) is 2.88. The van der Waals surface area contributed by atoms with Gasteiger partial charge in [0.05, 0.1) is 10.1 Å². The van der Waals surface area contributed by atoms with Crippen LogP contribution < -0.4 is 5.32 Å². The van der Waals surface area contributed by atoms with E-state index in [9.17, 15) is 13.2 Å². The number of rotatable bonds is 8. The lowest BCUT2D eigenvalue weighted by Gasteiger charge is -2.15. The number of benzene rings is 2. The van der Waals surface area contributed by atoms with Crippen LogP contribution in [0.15, 0.2) is 52.5 Å². The Morgan fingerprint density at radius 3 is 2.50 bits per heavy atom. The Labute approximate surface area is 192 Å². The van der Waals surface area contributed by atoms with Crippen molar-refractivity contribution in [3.05, 3.63) is 53.6 Å². The van der Waals surface area contributed by atoms with Gasteiger partial charge in [-0.2, -0.15) is 0 Å². The quantitative estimate of drug-likeness (QED) is 0.483. The molecule has 8 nitrogen and oxygen atoms in total. The number of thioether (sulfide) groups is 1. The van der Waals surface area contributed by atoms with Crippen molar-refractivity contribution in [3.63, 3.8) is 0 Å². The number of aromatic amines is 1. The van der Waals surface area contributed by atoms with E-state index < -0.39 is 15.3 Å². The molecule has 2 N–H and O–H groups in total. The number of aryl methyl sites for hydroxylation is 2. The van der Waals surface area contributed by atoms with Crippen molar-refractivity contribution in [2.24, 2.45) is 0 Å². The third-order valence-electron chi connectivity index (χ3n) is 5.00. The van der Waals surface area contributed by atoms with Crippen LogP contribution >= 0.6 is 11.8 Å². The summed E-state index contributed by atoms with van der Waals surface area (Å²) in [6.45, 7) is 5.66. The maximum Gasteiger partial charge on any atom is 0.242 e. The highest BCUT2D eigenvalue weighted by molar-refractivity contribution is 8.00. The molecule has 10 heteroatoms. The van der Waals surface area contributed by atoms with Crippen LogP contribution in [0.4, 0.5) is 5.69 Å². The molecule has 0 aliphatic rings. The fraction of sp³-hybridized carbons (Fsp3) is 0.318. The zero-order chi connectivity index (χ0) is 23.5. The lowest BCUT2D eigenvalue weighted by molar-refractivity contribution is -0.115. The molecule has 0 fully saturated rings. The first-order valence-corrected chi connectivity index (χ1v) is 12.5. The Balaban J connectivity index is 1.70. The first-order valence-electron chi connectivity index (χ1n) is 10.1. The van der Waals surface area contributed by atoms with Gasteiger partial charge in [-0.25, -0.2) is 17.7 Å². The van der Waals surface area contributed by atoms with Gasteiger partial charge >= 0.3 is 0 Å². The number of aromatic nitrogens is 3. The molecule has 1 aromatic heterocycles. The summed E-state index contributed by atoms with van der Waals surface area (Å²) in [4.78, 5) is 17.4. The average molecular weight is 474 g/mol. The minimum atomic E-state index is -3.60. The SMILES string of the molecule is CCc1ccc(-c2nc(S[C@@H](C)C(=O)Nc3cc(S(=O)(=O)N(C)C)ccc3C)n[nH]2)cc1. The number of nitrogens with one attached hydrogen (secondary N) is 2. The van der Waals surface area contributed by atoms with Gasteiger partial charge in [0.15, 0.2) is 5.82 Å². The average Bonchev–Trinajstić information content (AvgIpc) is 3.23. The van der Waals surface area contributed by atoms with Gasteiger partial charge in [0.2, 0.25) is 21.1 Å². The molecule has 32 heavy (non-hydrogen) atoms. The first-order chi connectivity index (χ1) is 15.1. The van der Waals surface area contributed by atoms with Crippen molar-refractivity contribution in [1.82, 2.24) is 19.5 Å². The van der Waals surface area contributed by atoms with Crippen LogP contribution in [0.2, 0.25) is 0 Å². The number of carbonyl (C=O) groups is 1. The lowest BCUT2D eigenvalue weighted by Crippen LogP contribution is -2.24. The number of nitrogens with zero attached hydrogens (tertiary/aromatic N) is 3. The number of carbonyl (C=O) groups excluding carboxylic acids is 1. The number of hydrogen-bond acceptors (Lipinski definition) is 6. The van der Waals surface area contributed by atoms with Crippen molar-refractivity contribution < 1.29 is 13.2 Å². The highest BCUT2D eigenvalue weighted by atomic mass is 32.2. The van der Waals surface area contributed by atoms with E-state index in [4.69, 9.17) is 0 Å². The smallest absolute Gasteiger partial charge is 0.242 e. The highest BCUT2D eigenvalue weighted by Gasteiger charge is 2.21. The van der Waals surface area contributed by atoms with Crippen LogP contribution in [-0.4, -0.2) is 53.2 Å². The van der Waals surface area contributed by atoms with Crippen LogP contribution in [0.1, 0.15) is 25.0 Å². The summed E-state index contributed by atoms with van der Waals surface area (Å²) in [5.74, 6) is 0.372. The molecule has 0 bridgehead atoms. The second kappa shape index (κ2) is 9.85. The van der Waals surface area contributed by atoms with E-state index in [1.165, 1.54) is 43.6 Å². The first kappa shape index (κ1) is 24.0. The van der Waals surface area contributed by atoms with Crippen molar-refractivity contribution >= 4 is 33.4 Å². The van der Waals surface area contributed by atoms with E-state index in [0.717, 1.165) is 21.9 Å². The Bertz CT molecular complexity index is 1200. The topological polar surface area (TPSA) is 108 Å². The van der Waals surface area contributed by atoms with Gasteiger partial charge in [0, 0.05) is 25.3 Å². The van der Waals surface area contributed by atoms with E-state index in [1.54, 1.807) is 13.0 Å². The summed E-state index contributed by atoms with van der Waals surface area (Å²) in [6, 6.07) is 12.8. The lowest BCUT2D eigenvalue weighted by atomic mass is 10.1. The largest absolute Gasteiger partial charge is 0.325 e. The van der Waals surface area contributed by atoms with Crippen molar-refractivity contribution in [2.75, 3.05) is 19.4 Å². The second-order valence-corrected chi connectivity index (χ2v) is 11.0. The molecule has 3 rings (SSSR count). The highest BCUT2D eigenvalue weighted by Crippen LogP contribution is 2.26. The Hall–Kier alpha value is -2.69. The number of sulfonamides is 1. The summed E-state index contributed by atoms with van der Waals surface area (Å²) in [6.07, 6.45) is 0.966. The molecular formula is C22H27N5O3S2. The van der Waals surface area contributed by atoms with E-state index in [2.05, 4.69) is 27.4 Å². The van der Waals surface area contributed by atoms with E-state index in [-0.39, 0.29) is 10.8 Å². The Morgan fingerprint density at radius 2 is 1.88 bits per heavy atom. The van der Waals surface area contributed by atoms with Gasteiger partial charge in [-0.1, -0.05) is 49.0 Å². The van der Waals surface area contributed by atoms with E-state index in [0.29, 0.717) is 16.7 Å². The van der Waals surface area contributed by atoms with E-state index in [1.807, 2.05) is 31.2 Å². The predicted molar refractivity (Wildman–Crippen MR) is 127 cm³/mol. The van der Waals surface area contributed by atoms with Crippen LogP contribution in [0.3, 0.4) is 0 Å². The molecule has 1 amide bonds. The molecule has 0 spiro atoms. The maximum atomic E-state index is 12.8. The van der Waals surface area contributed by atoms with Gasteiger partial charge in [-0.3, -0.25) is 9.89 Å². The van der Waals surface area contributed by atoms with Crippen LogP contribution in [-0.2, 0) is 21.2 Å². The van der Waals surface area contributed by atoms with Gasteiger partial charge in [-0.15, -0.1) is 5.10 Å². The van der Waals surface area contributed by atoms with Crippen LogP contribution in [0.25, 0.3) is 11.4 Å². The molecule has 0 aliphatic carbocycles. The van der Waals surface area contributed by atoms with Crippen molar-refractivity contribution in [3.8, 4) is 11.4 Å². The van der Waals surface area contributed by atoms with Crippen molar-refractivity contribution in [2.45, 2.75) is 42.5 Å². The maximum absolute atomic E-state index is 12.8. The summed E-state index contributed by atoms with van der Waals surface area (Å²) in [7, 11) is -0.661. The minimum absolute atomic E-state index is 0.122. The molecule has 0 saturated heterocycles. The van der Waals surface area contributed by atoms with Gasteiger partial charge in [0.25, 0.3) is 0 Å². The molecule has 1 atom stereocenters. The van der Waals surface area contributed by atoms with Crippen LogP contribution in [0.5, 0.6) is 0 Å². The molecule has 0 aliphatic heterocycles. The number of anilines is 1. The fourth-order valence-corrected chi connectivity index (χ4v) is 4.53. The van der Waals surface area contributed by atoms with Gasteiger partial charge < -0.3 is 5.32 Å². The zero-order valence-corrected chi connectivity index (χ0v) is 20.3. The Kier molecular flexibility index (Phi) is 7.37. The molecule has 0 radical (unpaired) electrons. The third-order valence-corrected chi connectivity index (χ3v) is 7.77. The summed E-state index contributed by atoms with van der Waals surface area (Å²) in [5, 5.41) is 9.92. The van der Waals surface area contributed by atoms with Gasteiger partial charge in [-0.05, 0) is 43.5 Å². The molecule has 170 valence electrons. The second-order valence-electron chi connectivity index (χ2n) is 7.53. The van der Waals surface area contributed by atoms with Crippen LogP contribution in [0, 0.1) is 6.92 Å². The minimum Gasteiger partial charge on any atom is -0.325 e. The molecule has 1 heterocycles. The van der Waals surface area contributed by atoms with Crippen molar-refractivity contribution in [1.29, 1.82) is 0 Å². The van der Waals surface area contributed by atoms with E-state index >= 15 is 0 Å². The number of H-pyrrole nitrogens is 1. The molecule has 0 saturated carbocycles. The molecular weight excluding hydrogens is 446 g/mol. The monoisotopic (exact) mass is 473 g/mol.